The minimum absolute atomic E-state index is 0.326. The Morgan fingerprint density at radius 2 is 1.70 bits per heavy atom. The highest BCUT2D eigenvalue weighted by molar-refractivity contribution is 5.96. The first kappa shape index (κ1) is 20.3. The number of hydrogen-bond donors (Lipinski definition) is 0. The maximum Gasteiger partial charge on any atom is 0.354 e. The second kappa shape index (κ2) is 10.2. The molecule has 142 valence electrons. The Hall–Kier alpha value is -3.01. The molecule has 0 aliphatic heterocycles. The zero-order chi connectivity index (χ0) is 19.6. The molecule has 0 bridgehead atoms. The largest absolute Gasteiger partial charge is 0.497 e. The number of esters is 1. The highest BCUT2D eigenvalue weighted by Crippen LogP contribution is 2.26. The molecule has 2 rings (SSSR count). The number of carbonyl (C=O) groups excluding carboxylic acids is 1. The fraction of sp³-hybridized carbons (Fsp3) is 0.261. The second-order valence-corrected chi connectivity index (χ2v) is 5.80. The standard InChI is InChI=1S/C23H27NO3/c1-5-18(19-11-9-8-10-12-19)17-22(23(25)27-7-3)24(6-2)20-13-15-21(26-4)16-14-20/h5,8-17H,6-7H2,1-4H3/b18-5-,22-17-. The van der Waals surface area contributed by atoms with Crippen molar-refractivity contribution in [2.75, 3.05) is 25.2 Å². The highest BCUT2D eigenvalue weighted by Gasteiger charge is 2.20. The Labute approximate surface area is 161 Å². The van der Waals surface area contributed by atoms with E-state index < -0.39 is 0 Å². The molecule has 27 heavy (non-hydrogen) atoms. The van der Waals surface area contributed by atoms with Crippen molar-refractivity contribution in [3.8, 4) is 5.75 Å². The van der Waals surface area contributed by atoms with Gasteiger partial charge in [-0.2, -0.15) is 0 Å². The van der Waals surface area contributed by atoms with Gasteiger partial charge >= 0.3 is 5.97 Å². The van der Waals surface area contributed by atoms with E-state index in [-0.39, 0.29) is 5.97 Å². The van der Waals surface area contributed by atoms with Crippen LogP contribution in [0.3, 0.4) is 0 Å². The number of hydrogen-bond acceptors (Lipinski definition) is 4. The minimum atomic E-state index is -0.342. The van der Waals surface area contributed by atoms with Gasteiger partial charge in [-0.25, -0.2) is 4.79 Å². The van der Waals surface area contributed by atoms with Gasteiger partial charge in [0.05, 0.1) is 13.7 Å². The van der Waals surface area contributed by atoms with E-state index in [1.807, 2.05) is 92.4 Å². The van der Waals surface area contributed by atoms with Crippen LogP contribution in [0, 0.1) is 0 Å². The molecule has 0 heterocycles. The summed E-state index contributed by atoms with van der Waals surface area (Å²) in [4.78, 5) is 14.7. The topological polar surface area (TPSA) is 38.8 Å². The van der Waals surface area contributed by atoms with Gasteiger partial charge < -0.3 is 14.4 Å². The summed E-state index contributed by atoms with van der Waals surface area (Å²) in [5.41, 5.74) is 3.42. The Balaban J connectivity index is 2.49. The number of anilines is 1. The van der Waals surface area contributed by atoms with E-state index in [2.05, 4.69) is 0 Å². The zero-order valence-electron chi connectivity index (χ0n) is 16.4. The maximum atomic E-state index is 12.7. The van der Waals surface area contributed by atoms with E-state index in [1.165, 1.54) is 0 Å². The molecule has 4 nitrogen and oxygen atoms in total. The van der Waals surface area contributed by atoms with Crippen LogP contribution in [-0.2, 0) is 9.53 Å². The number of nitrogens with zero attached hydrogens (tertiary/aromatic N) is 1. The summed E-state index contributed by atoms with van der Waals surface area (Å²) < 4.78 is 10.6. The summed E-state index contributed by atoms with van der Waals surface area (Å²) in [5, 5.41) is 0. The van der Waals surface area contributed by atoms with Crippen molar-refractivity contribution in [1.29, 1.82) is 0 Å². The molecule has 0 N–H and O–H groups in total. The van der Waals surface area contributed by atoms with Gasteiger partial charge in [-0.05, 0) is 62.2 Å². The Bertz CT molecular complexity index is 792. The molecule has 0 atom stereocenters. The number of carbonyl (C=O) groups is 1. The van der Waals surface area contributed by atoms with Gasteiger partial charge in [-0.3, -0.25) is 0 Å². The van der Waals surface area contributed by atoms with Crippen LogP contribution >= 0.6 is 0 Å². The van der Waals surface area contributed by atoms with Crippen molar-refractivity contribution >= 4 is 17.2 Å². The van der Waals surface area contributed by atoms with Gasteiger partial charge in [-0.15, -0.1) is 0 Å². The SMILES string of the molecule is C/C=C(/C=C(/C(=O)OCC)N(CC)c1ccc(OC)cc1)c1ccccc1. The van der Waals surface area contributed by atoms with Crippen LogP contribution < -0.4 is 9.64 Å². The smallest absolute Gasteiger partial charge is 0.354 e. The van der Waals surface area contributed by atoms with E-state index in [4.69, 9.17) is 9.47 Å². The summed E-state index contributed by atoms with van der Waals surface area (Å²) >= 11 is 0. The average molecular weight is 365 g/mol. The zero-order valence-corrected chi connectivity index (χ0v) is 16.4. The lowest BCUT2D eigenvalue weighted by Crippen LogP contribution is -2.28. The molecule has 0 aliphatic rings. The normalized spacial score (nSPS) is 11.9. The molecule has 4 heteroatoms. The summed E-state index contributed by atoms with van der Waals surface area (Å²) in [7, 11) is 1.63. The molecule has 0 fully saturated rings. The third-order valence-electron chi connectivity index (χ3n) is 4.19. The number of benzene rings is 2. The summed E-state index contributed by atoms with van der Waals surface area (Å²) in [6.07, 6.45) is 3.89. The van der Waals surface area contributed by atoms with Gasteiger partial charge in [0.1, 0.15) is 11.4 Å². The number of allylic oxidation sites excluding steroid dienone is 3. The van der Waals surface area contributed by atoms with Crippen LogP contribution in [0.5, 0.6) is 5.75 Å². The van der Waals surface area contributed by atoms with Crippen molar-refractivity contribution in [3.05, 3.63) is 78.0 Å². The van der Waals surface area contributed by atoms with Gasteiger partial charge in [0, 0.05) is 12.2 Å². The van der Waals surface area contributed by atoms with E-state index in [0.717, 1.165) is 22.6 Å². The molecule has 0 unspecified atom stereocenters. The lowest BCUT2D eigenvalue weighted by molar-refractivity contribution is -0.138. The van der Waals surface area contributed by atoms with Gasteiger partial charge in [0.2, 0.25) is 0 Å². The minimum Gasteiger partial charge on any atom is -0.497 e. The third kappa shape index (κ3) is 5.23. The van der Waals surface area contributed by atoms with Crippen molar-refractivity contribution in [1.82, 2.24) is 0 Å². The second-order valence-electron chi connectivity index (χ2n) is 5.80. The van der Waals surface area contributed by atoms with Gasteiger partial charge in [-0.1, -0.05) is 36.4 Å². The van der Waals surface area contributed by atoms with Crippen LogP contribution in [-0.4, -0.2) is 26.2 Å². The van der Waals surface area contributed by atoms with E-state index in [0.29, 0.717) is 18.8 Å². The van der Waals surface area contributed by atoms with Crippen molar-refractivity contribution in [2.24, 2.45) is 0 Å². The Kier molecular flexibility index (Phi) is 7.68. The predicted octanol–water partition coefficient (Wildman–Crippen LogP) is 5.07. The van der Waals surface area contributed by atoms with Crippen LogP contribution in [0.2, 0.25) is 0 Å². The third-order valence-corrected chi connectivity index (χ3v) is 4.19. The molecule has 0 aliphatic carbocycles. The highest BCUT2D eigenvalue weighted by atomic mass is 16.5. The summed E-state index contributed by atoms with van der Waals surface area (Å²) in [6.45, 7) is 6.74. The van der Waals surface area contributed by atoms with Crippen molar-refractivity contribution in [2.45, 2.75) is 20.8 Å². The van der Waals surface area contributed by atoms with E-state index >= 15 is 0 Å². The van der Waals surface area contributed by atoms with Crippen molar-refractivity contribution in [3.63, 3.8) is 0 Å². The number of ether oxygens (including phenoxy) is 2. The first-order valence-electron chi connectivity index (χ1n) is 9.16. The van der Waals surface area contributed by atoms with Gasteiger partial charge in [0.25, 0.3) is 0 Å². The maximum absolute atomic E-state index is 12.7. The predicted molar refractivity (Wildman–Crippen MR) is 111 cm³/mol. The first-order chi connectivity index (χ1) is 13.1. The molecule has 0 saturated heterocycles. The number of methoxy groups -OCH3 is 1. The molecule has 0 radical (unpaired) electrons. The summed E-state index contributed by atoms with van der Waals surface area (Å²) in [5.74, 6) is 0.431. The summed E-state index contributed by atoms with van der Waals surface area (Å²) in [6, 6.07) is 17.6. The van der Waals surface area contributed by atoms with Crippen LogP contribution in [0.4, 0.5) is 5.69 Å². The molecule has 0 amide bonds. The monoisotopic (exact) mass is 365 g/mol. The Morgan fingerprint density at radius 3 is 2.22 bits per heavy atom. The van der Waals surface area contributed by atoms with Crippen LogP contribution in [0.15, 0.2) is 72.4 Å². The fourth-order valence-corrected chi connectivity index (χ4v) is 2.82. The van der Waals surface area contributed by atoms with Crippen LogP contribution in [0.1, 0.15) is 26.3 Å². The molecular weight excluding hydrogens is 338 g/mol. The molecule has 0 aromatic heterocycles. The van der Waals surface area contributed by atoms with Crippen LogP contribution in [0.25, 0.3) is 5.57 Å². The average Bonchev–Trinajstić information content (AvgIpc) is 2.72. The molecular formula is C23H27NO3. The quantitative estimate of drug-likeness (QED) is 0.372. The number of rotatable bonds is 8. The van der Waals surface area contributed by atoms with E-state index in [9.17, 15) is 4.79 Å². The lowest BCUT2D eigenvalue weighted by Gasteiger charge is -2.25. The fourth-order valence-electron chi connectivity index (χ4n) is 2.82. The Morgan fingerprint density at radius 1 is 1.04 bits per heavy atom. The number of likely N-dealkylation sites (N-methyl/N-ethyl adjacent to an activating group) is 1. The van der Waals surface area contributed by atoms with Gasteiger partial charge in [0.15, 0.2) is 0 Å². The van der Waals surface area contributed by atoms with Crippen molar-refractivity contribution < 1.29 is 14.3 Å². The lowest BCUT2D eigenvalue weighted by atomic mass is 10.0. The molecule has 2 aromatic rings. The molecule has 2 aromatic carbocycles. The van der Waals surface area contributed by atoms with E-state index in [1.54, 1.807) is 7.11 Å². The first-order valence-corrected chi connectivity index (χ1v) is 9.16. The molecule has 0 saturated carbocycles. The molecule has 0 spiro atoms.